The Labute approximate surface area is 118 Å². The van der Waals surface area contributed by atoms with Gasteiger partial charge in [0.25, 0.3) is 0 Å². The normalized spacial score (nSPS) is 31.7. The van der Waals surface area contributed by atoms with Crippen LogP contribution in [0.15, 0.2) is 0 Å². The Hall–Kier alpha value is -0.570. The third kappa shape index (κ3) is 2.67. The highest BCUT2D eigenvalue weighted by atomic mass is 16.2. The van der Waals surface area contributed by atoms with Crippen molar-refractivity contribution in [1.82, 2.24) is 10.2 Å². The minimum absolute atomic E-state index is 0.0277. The van der Waals surface area contributed by atoms with Gasteiger partial charge < -0.3 is 4.90 Å². The predicted octanol–water partition coefficient (Wildman–Crippen LogP) is 3.00. The number of hydrogen-bond acceptors (Lipinski definition) is 2. The Morgan fingerprint density at radius 2 is 1.89 bits per heavy atom. The van der Waals surface area contributed by atoms with Gasteiger partial charge in [-0.05, 0) is 37.5 Å². The Kier molecular flexibility index (Phi) is 4.54. The van der Waals surface area contributed by atoms with Crippen molar-refractivity contribution in [3.05, 3.63) is 0 Å². The molecule has 2 aliphatic rings. The fourth-order valence-electron chi connectivity index (χ4n) is 3.39. The van der Waals surface area contributed by atoms with Crippen molar-refractivity contribution >= 4 is 5.91 Å². The second-order valence-electron chi connectivity index (χ2n) is 6.90. The van der Waals surface area contributed by atoms with E-state index in [1.807, 2.05) is 0 Å². The SMILES string of the molecule is CCC(C)C1NC(C(C)C)N(C(C)C2CCC2)C1=O. The van der Waals surface area contributed by atoms with E-state index in [0.717, 1.165) is 12.3 Å². The van der Waals surface area contributed by atoms with E-state index in [9.17, 15) is 4.79 Å². The molecule has 0 aromatic heterocycles. The molecule has 0 radical (unpaired) electrons. The van der Waals surface area contributed by atoms with Crippen molar-refractivity contribution in [3.8, 4) is 0 Å². The summed E-state index contributed by atoms with van der Waals surface area (Å²) in [5.41, 5.74) is 0. The average molecular weight is 266 g/mol. The number of carbonyl (C=O) groups excluding carboxylic acids is 1. The zero-order chi connectivity index (χ0) is 14.2. The monoisotopic (exact) mass is 266 g/mol. The van der Waals surface area contributed by atoms with Crippen molar-refractivity contribution in [1.29, 1.82) is 0 Å². The quantitative estimate of drug-likeness (QED) is 0.829. The Morgan fingerprint density at radius 3 is 2.32 bits per heavy atom. The van der Waals surface area contributed by atoms with Crippen LogP contribution in [0.4, 0.5) is 0 Å². The summed E-state index contributed by atoms with van der Waals surface area (Å²) in [5.74, 6) is 1.96. The van der Waals surface area contributed by atoms with E-state index in [2.05, 4.69) is 44.8 Å². The van der Waals surface area contributed by atoms with Gasteiger partial charge >= 0.3 is 0 Å². The molecule has 1 saturated carbocycles. The van der Waals surface area contributed by atoms with Crippen LogP contribution in [-0.2, 0) is 4.79 Å². The number of carbonyl (C=O) groups is 1. The third-order valence-electron chi connectivity index (χ3n) is 5.29. The van der Waals surface area contributed by atoms with Crippen LogP contribution in [0.25, 0.3) is 0 Å². The van der Waals surface area contributed by atoms with Gasteiger partial charge in [-0.3, -0.25) is 10.1 Å². The van der Waals surface area contributed by atoms with Gasteiger partial charge in [-0.15, -0.1) is 0 Å². The maximum atomic E-state index is 12.8. The van der Waals surface area contributed by atoms with Crippen molar-refractivity contribution in [3.63, 3.8) is 0 Å². The fraction of sp³-hybridized carbons (Fsp3) is 0.938. The Bertz CT molecular complexity index is 325. The van der Waals surface area contributed by atoms with Crippen LogP contribution in [0.1, 0.15) is 60.3 Å². The zero-order valence-corrected chi connectivity index (χ0v) is 13.1. The lowest BCUT2D eigenvalue weighted by Crippen LogP contribution is -2.50. The van der Waals surface area contributed by atoms with E-state index >= 15 is 0 Å². The summed E-state index contributed by atoms with van der Waals surface area (Å²) in [5, 5.41) is 3.60. The Morgan fingerprint density at radius 1 is 1.26 bits per heavy atom. The topological polar surface area (TPSA) is 32.3 Å². The molecular formula is C16H30N2O. The molecule has 1 aliphatic heterocycles. The minimum Gasteiger partial charge on any atom is -0.323 e. The van der Waals surface area contributed by atoms with Gasteiger partial charge in [0, 0.05) is 6.04 Å². The number of nitrogens with one attached hydrogen (secondary N) is 1. The first-order valence-electron chi connectivity index (χ1n) is 8.05. The molecule has 0 spiro atoms. The largest absolute Gasteiger partial charge is 0.323 e. The van der Waals surface area contributed by atoms with Crippen LogP contribution in [0.2, 0.25) is 0 Å². The van der Waals surface area contributed by atoms with Gasteiger partial charge in [-0.25, -0.2) is 0 Å². The molecule has 110 valence electrons. The molecule has 0 aromatic carbocycles. The van der Waals surface area contributed by atoms with Gasteiger partial charge in [0.05, 0.1) is 12.2 Å². The van der Waals surface area contributed by atoms with E-state index < -0.39 is 0 Å². The highest BCUT2D eigenvalue weighted by molar-refractivity contribution is 5.85. The lowest BCUT2D eigenvalue weighted by Gasteiger charge is -2.40. The summed E-state index contributed by atoms with van der Waals surface area (Å²) < 4.78 is 0. The minimum atomic E-state index is 0.0277. The van der Waals surface area contributed by atoms with E-state index in [1.165, 1.54) is 19.3 Å². The molecule has 1 aliphatic carbocycles. The van der Waals surface area contributed by atoms with Crippen LogP contribution in [0.3, 0.4) is 0 Å². The molecule has 3 heteroatoms. The van der Waals surface area contributed by atoms with E-state index in [4.69, 9.17) is 0 Å². The molecule has 3 nitrogen and oxygen atoms in total. The summed E-state index contributed by atoms with van der Waals surface area (Å²) in [6, 6.07) is 0.426. The summed E-state index contributed by atoms with van der Waals surface area (Å²) >= 11 is 0. The van der Waals surface area contributed by atoms with Crippen LogP contribution >= 0.6 is 0 Å². The number of hydrogen-bond donors (Lipinski definition) is 1. The molecule has 2 fully saturated rings. The lowest BCUT2D eigenvalue weighted by molar-refractivity contribution is -0.135. The first-order chi connectivity index (χ1) is 8.97. The van der Waals surface area contributed by atoms with Crippen molar-refractivity contribution in [2.45, 2.75) is 78.6 Å². The maximum absolute atomic E-state index is 12.8. The molecule has 19 heavy (non-hydrogen) atoms. The van der Waals surface area contributed by atoms with Gasteiger partial charge in [0.15, 0.2) is 0 Å². The molecule has 1 saturated heterocycles. The van der Waals surface area contributed by atoms with Gasteiger partial charge in [-0.2, -0.15) is 0 Å². The first-order valence-corrected chi connectivity index (χ1v) is 8.05. The second-order valence-corrected chi connectivity index (χ2v) is 6.90. The summed E-state index contributed by atoms with van der Waals surface area (Å²) in [4.78, 5) is 14.9. The maximum Gasteiger partial charge on any atom is 0.241 e. The second kappa shape index (κ2) is 5.82. The highest BCUT2D eigenvalue weighted by Crippen LogP contribution is 2.36. The van der Waals surface area contributed by atoms with Gasteiger partial charge in [0.2, 0.25) is 5.91 Å². The first kappa shape index (κ1) is 14.8. The average Bonchev–Trinajstić information content (AvgIpc) is 2.63. The van der Waals surface area contributed by atoms with E-state index in [1.54, 1.807) is 0 Å². The van der Waals surface area contributed by atoms with Crippen molar-refractivity contribution < 1.29 is 4.79 Å². The predicted molar refractivity (Wildman–Crippen MR) is 78.7 cm³/mol. The summed E-state index contributed by atoms with van der Waals surface area (Å²) in [6.07, 6.45) is 5.21. The van der Waals surface area contributed by atoms with Crippen molar-refractivity contribution in [2.75, 3.05) is 0 Å². The zero-order valence-electron chi connectivity index (χ0n) is 13.1. The van der Waals surface area contributed by atoms with Gasteiger partial charge in [0.1, 0.15) is 0 Å². The van der Waals surface area contributed by atoms with E-state index in [0.29, 0.717) is 23.8 Å². The third-order valence-corrected chi connectivity index (χ3v) is 5.29. The lowest BCUT2D eigenvalue weighted by atomic mass is 9.79. The van der Waals surface area contributed by atoms with Crippen LogP contribution < -0.4 is 5.32 Å². The van der Waals surface area contributed by atoms with Crippen LogP contribution in [0.5, 0.6) is 0 Å². The molecule has 1 N–H and O–H groups in total. The molecule has 1 amide bonds. The number of nitrogens with zero attached hydrogens (tertiary/aromatic N) is 1. The summed E-state index contributed by atoms with van der Waals surface area (Å²) in [7, 11) is 0. The molecule has 0 aromatic rings. The number of amides is 1. The number of rotatable bonds is 5. The molecule has 4 atom stereocenters. The van der Waals surface area contributed by atoms with Crippen LogP contribution in [0, 0.1) is 17.8 Å². The molecule has 0 bridgehead atoms. The molecule has 2 rings (SSSR count). The Balaban J connectivity index is 2.15. The van der Waals surface area contributed by atoms with Crippen molar-refractivity contribution in [2.24, 2.45) is 17.8 Å². The van der Waals surface area contributed by atoms with Crippen LogP contribution in [-0.4, -0.2) is 29.1 Å². The molecule has 1 heterocycles. The standard InChI is InChI=1S/C16H30N2O/c1-6-11(4)14-16(19)18(15(17-14)10(2)3)12(5)13-8-7-9-13/h10-15,17H,6-9H2,1-5H3. The highest BCUT2D eigenvalue weighted by Gasteiger charge is 2.46. The molecule has 4 unspecified atom stereocenters. The smallest absolute Gasteiger partial charge is 0.241 e. The molecular weight excluding hydrogens is 236 g/mol. The summed E-state index contributed by atoms with van der Waals surface area (Å²) in [6.45, 7) is 11.0. The fourth-order valence-corrected chi connectivity index (χ4v) is 3.39. The van der Waals surface area contributed by atoms with E-state index in [-0.39, 0.29) is 12.2 Å². The van der Waals surface area contributed by atoms with Gasteiger partial charge in [-0.1, -0.05) is 40.5 Å².